The van der Waals surface area contributed by atoms with E-state index in [-0.39, 0.29) is 37.1 Å². The van der Waals surface area contributed by atoms with Gasteiger partial charge in [0.2, 0.25) is 15.9 Å². The van der Waals surface area contributed by atoms with Crippen molar-refractivity contribution in [1.82, 2.24) is 24.2 Å². The van der Waals surface area contributed by atoms with Crippen LogP contribution in [-0.4, -0.2) is 74.7 Å². The molecule has 4 fully saturated rings. The van der Waals surface area contributed by atoms with Crippen molar-refractivity contribution in [3.63, 3.8) is 0 Å². The Kier molecular flexibility index (Phi) is 10.3. The number of allylic oxidation sites excluding steroid dienone is 1. The molecule has 2 aromatic heterocycles. The molecule has 3 saturated carbocycles. The molecule has 1 N–H and O–H groups in total. The van der Waals surface area contributed by atoms with Crippen molar-refractivity contribution >= 4 is 50.2 Å². The number of nitrogens with zero attached hydrogens (tertiary/aromatic N) is 4. The van der Waals surface area contributed by atoms with Gasteiger partial charge in [-0.25, -0.2) is 18.2 Å². The molecule has 4 aliphatic rings. The molecule has 12 nitrogen and oxygen atoms in total. The number of amides is 2. The van der Waals surface area contributed by atoms with Crippen LogP contribution in [0.3, 0.4) is 0 Å². The fourth-order valence-electron chi connectivity index (χ4n) is 8.46. The normalized spacial score (nSPS) is 26.6. The molecule has 0 bridgehead atoms. The standard InChI is InChI=1S/C41H55N5O7S2/c1-9-27-20-41(27,36(48)44-55(50,51)40(8)18-19-40)21-31(47)34-25(4)32(22-45(34)38(49)53-39(5,6)7)52-37-43-33-28(16-13-17-30(33)46(37)24(2)3)35-42-29(23-54-35)26-14-11-10-12-15-26/h9,13,16-17,23-27,32,34H,1,10-12,14-15,18-22H2,2-8H3,(H,44,48)/t25-,27-,32+,34+,41-/m1/s1. The molecular weight excluding hydrogens is 739 g/mol. The van der Waals surface area contributed by atoms with Gasteiger partial charge in [-0.2, -0.15) is 4.98 Å². The van der Waals surface area contributed by atoms with Crippen LogP contribution in [0.25, 0.3) is 21.6 Å². The zero-order chi connectivity index (χ0) is 39.7. The Balaban J connectivity index is 1.18. The number of ether oxygens (including phenoxy) is 2. The number of imidazole rings is 1. The molecule has 3 heterocycles. The van der Waals surface area contributed by atoms with Crippen molar-refractivity contribution in [2.75, 3.05) is 6.54 Å². The monoisotopic (exact) mass is 793 g/mol. The number of benzene rings is 1. The van der Waals surface area contributed by atoms with Gasteiger partial charge >= 0.3 is 6.09 Å². The van der Waals surface area contributed by atoms with E-state index in [9.17, 15) is 22.8 Å². The first-order valence-corrected chi connectivity index (χ1v) is 22.1. The van der Waals surface area contributed by atoms with Crippen LogP contribution in [0.2, 0.25) is 0 Å². The molecule has 1 saturated heterocycles. The smallest absolute Gasteiger partial charge is 0.411 e. The third kappa shape index (κ3) is 7.45. The summed E-state index contributed by atoms with van der Waals surface area (Å²) in [6.45, 7) is 16.8. The Morgan fingerprint density at radius 1 is 1.13 bits per heavy atom. The molecule has 1 aliphatic heterocycles. The first-order chi connectivity index (χ1) is 25.9. The minimum absolute atomic E-state index is 0.0290. The van der Waals surface area contributed by atoms with Crippen LogP contribution >= 0.6 is 11.3 Å². The molecule has 0 unspecified atom stereocenters. The maximum Gasteiger partial charge on any atom is 0.411 e. The van der Waals surface area contributed by atoms with Gasteiger partial charge < -0.3 is 9.47 Å². The largest absolute Gasteiger partial charge is 0.459 e. The van der Waals surface area contributed by atoms with Crippen molar-refractivity contribution in [2.24, 2.45) is 17.3 Å². The van der Waals surface area contributed by atoms with Crippen LogP contribution in [0.5, 0.6) is 6.01 Å². The number of fused-ring (bicyclic) bond motifs is 1. The van der Waals surface area contributed by atoms with Gasteiger partial charge in [0.05, 0.1) is 27.9 Å². The van der Waals surface area contributed by atoms with Crippen molar-refractivity contribution < 1.29 is 32.3 Å². The third-order valence-electron chi connectivity index (χ3n) is 12.2. The number of hydrogen-bond donors (Lipinski definition) is 1. The van der Waals surface area contributed by atoms with E-state index in [1.165, 1.54) is 37.0 Å². The van der Waals surface area contributed by atoms with E-state index < -0.39 is 55.9 Å². The highest BCUT2D eigenvalue weighted by atomic mass is 32.2. The number of ketones is 1. The molecule has 14 heteroatoms. The summed E-state index contributed by atoms with van der Waals surface area (Å²) in [6.07, 6.45) is 7.34. The molecule has 5 atom stereocenters. The molecule has 1 aromatic carbocycles. The highest BCUT2D eigenvalue weighted by Crippen LogP contribution is 2.57. The van der Waals surface area contributed by atoms with E-state index in [4.69, 9.17) is 19.4 Å². The lowest BCUT2D eigenvalue weighted by atomic mass is 9.87. The van der Waals surface area contributed by atoms with Gasteiger partial charge in [0.15, 0.2) is 5.78 Å². The number of likely N-dealkylation sites (tertiary alicyclic amines) is 1. The second-order valence-corrected chi connectivity index (χ2v) is 20.8. The van der Waals surface area contributed by atoms with E-state index >= 15 is 0 Å². The predicted octanol–water partition coefficient (Wildman–Crippen LogP) is 7.94. The zero-order valence-electron chi connectivity index (χ0n) is 33.1. The minimum Gasteiger partial charge on any atom is -0.459 e. The SMILES string of the molecule is C=C[C@@H]1C[C@]1(CC(=O)[C@@H]1[C@H](C)[C@@H](Oc2nc3c(-c4nc(C5CCCCC5)cs4)cccc3n2C(C)C)CN1C(=O)OC(C)(C)C)C(=O)NS(=O)(=O)C1(C)CC1. The van der Waals surface area contributed by atoms with Gasteiger partial charge in [-0.3, -0.25) is 23.8 Å². The number of Topliss-reactive ketones (excluding diaryl/α,β-unsaturated/α-hetero) is 1. The Morgan fingerprint density at radius 2 is 1.84 bits per heavy atom. The average molecular weight is 794 g/mol. The van der Waals surface area contributed by atoms with Crippen LogP contribution in [-0.2, 0) is 24.3 Å². The van der Waals surface area contributed by atoms with E-state index in [0.29, 0.717) is 24.8 Å². The summed E-state index contributed by atoms with van der Waals surface area (Å²) < 4.78 is 42.0. The van der Waals surface area contributed by atoms with Crippen LogP contribution in [0, 0.1) is 17.3 Å². The Hall–Kier alpha value is -3.78. The predicted molar refractivity (Wildman–Crippen MR) is 212 cm³/mol. The number of thiazole rings is 1. The van der Waals surface area contributed by atoms with Gasteiger partial charge in [0, 0.05) is 35.2 Å². The van der Waals surface area contributed by atoms with Gasteiger partial charge in [-0.1, -0.05) is 38.3 Å². The lowest BCUT2D eigenvalue weighted by Gasteiger charge is -2.29. The maximum atomic E-state index is 14.5. The van der Waals surface area contributed by atoms with Gasteiger partial charge in [0.25, 0.3) is 6.01 Å². The number of carbonyl (C=O) groups is 3. The molecule has 0 spiro atoms. The van der Waals surface area contributed by atoms with Crippen LogP contribution in [0.4, 0.5) is 4.79 Å². The first kappa shape index (κ1) is 39.5. The summed E-state index contributed by atoms with van der Waals surface area (Å²) in [5.41, 5.74) is 1.64. The Bertz CT molecular complexity index is 2110. The van der Waals surface area contributed by atoms with Crippen LogP contribution in [0.15, 0.2) is 36.2 Å². The quantitative estimate of drug-likeness (QED) is 0.180. The summed E-state index contributed by atoms with van der Waals surface area (Å²) in [6, 6.07) is 5.43. The van der Waals surface area contributed by atoms with Gasteiger partial charge in [-0.05, 0) is 91.7 Å². The number of nitrogens with one attached hydrogen (secondary N) is 1. The molecule has 0 radical (unpaired) electrons. The molecule has 3 aromatic rings. The molecule has 7 rings (SSSR count). The topological polar surface area (TPSA) is 150 Å². The fourth-order valence-corrected chi connectivity index (χ4v) is 10.7. The van der Waals surface area contributed by atoms with Gasteiger partial charge in [0.1, 0.15) is 28.3 Å². The van der Waals surface area contributed by atoms with Crippen molar-refractivity contribution in [3.05, 3.63) is 41.9 Å². The summed E-state index contributed by atoms with van der Waals surface area (Å²) in [7, 11) is -3.92. The maximum absolute atomic E-state index is 14.5. The number of carbonyl (C=O) groups excluding carboxylic acids is 3. The third-order valence-corrected chi connectivity index (χ3v) is 15.2. The lowest BCUT2D eigenvalue weighted by Crippen LogP contribution is -2.48. The average Bonchev–Trinajstić information content (AvgIpc) is 3.85. The van der Waals surface area contributed by atoms with E-state index in [2.05, 4.69) is 30.5 Å². The van der Waals surface area contributed by atoms with Crippen LogP contribution < -0.4 is 9.46 Å². The van der Waals surface area contributed by atoms with E-state index in [1.807, 2.05) is 29.7 Å². The molecular formula is C41H55N5O7S2. The van der Waals surface area contributed by atoms with Crippen molar-refractivity contribution in [2.45, 2.75) is 141 Å². The second-order valence-electron chi connectivity index (χ2n) is 17.8. The molecule has 3 aliphatic carbocycles. The number of rotatable bonds is 12. The molecule has 2 amide bonds. The summed E-state index contributed by atoms with van der Waals surface area (Å²) >= 11 is 1.63. The second kappa shape index (κ2) is 14.3. The number of hydrogen-bond acceptors (Lipinski definition) is 10. The number of aromatic nitrogens is 3. The van der Waals surface area contributed by atoms with Gasteiger partial charge in [-0.15, -0.1) is 17.9 Å². The number of para-hydroxylation sites is 1. The molecule has 55 heavy (non-hydrogen) atoms. The summed E-state index contributed by atoms with van der Waals surface area (Å²) in [4.78, 5) is 53.5. The zero-order valence-corrected chi connectivity index (χ0v) is 34.7. The number of sulfonamides is 1. The Labute approximate surface area is 328 Å². The van der Waals surface area contributed by atoms with Crippen molar-refractivity contribution in [3.8, 4) is 16.6 Å². The minimum atomic E-state index is -3.92. The fraction of sp³-hybridized carbons (Fsp3) is 0.634. The van der Waals surface area contributed by atoms with Crippen LogP contribution in [0.1, 0.15) is 124 Å². The highest BCUT2D eigenvalue weighted by molar-refractivity contribution is 7.91. The highest BCUT2D eigenvalue weighted by Gasteiger charge is 2.63. The lowest BCUT2D eigenvalue weighted by molar-refractivity contribution is -0.132. The first-order valence-electron chi connectivity index (χ1n) is 19.7. The van der Waals surface area contributed by atoms with Crippen molar-refractivity contribution in [1.29, 1.82) is 0 Å². The molecule has 298 valence electrons. The summed E-state index contributed by atoms with van der Waals surface area (Å²) in [5.74, 6) is -1.48. The summed E-state index contributed by atoms with van der Waals surface area (Å²) in [5, 5.41) is 3.10. The van der Waals surface area contributed by atoms with E-state index in [1.54, 1.807) is 45.1 Å². The van der Waals surface area contributed by atoms with E-state index in [0.717, 1.165) is 27.3 Å². The Morgan fingerprint density at radius 3 is 2.45 bits per heavy atom.